The van der Waals surface area contributed by atoms with Gasteiger partial charge in [0, 0.05) is 12.2 Å². The highest BCUT2D eigenvalue weighted by atomic mass is 19.4. The summed E-state index contributed by atoms with van der Waals surface area (Å²) < 4.78 is 39.5. The van der Waals surface area contributed by atoms with Gasteiger partial charge in [-0.2, -0.15) is 18.3 Å². The van der Waals surface area contributed by atoms with Crippen molar-refractivity contribution in [3.8, 4) is 5.69 Å². The van der Waals surface area contributed by atoms with Crippen molar-refractivity contribution in [3.05, 3.63) is 47.3 Å². The van der Waals surface area contributed by atoms with Gasteiger partial charge in [-0.05, 0) is 37.2 Å². The molecule has 6 heteroatoms. The zero-order valence-electron chi connectivity index (χ0n) is 11.3. The van der Waals surface area contributed by atoms with E-state index >= 15 is 0 Å². The van der Waals surface area contributed by atoms with Crippen molar-refractivity contribution in [2.75, 3.05) is 7.05 Å². The van der Waals surface area contributed by atoms with Crippen LogP contribution < -0.4 is 5.32 Å². The molecule has 1 N–H and O–H groups in total. The Morgan fingerprint density at radius 2 is 1.85 bits per heavy atom. The summed E-state index contributed by atoms with van der Waals surface area (Å²) in [5.74, 6) is 0. The van der Waals surface area contributed by atoms with Crippen LogP contribution in [-0.2, 0) is 19.1 Å². The largest absolute Gasteiger partial charge is 0.435 e. The van der Waals surface area contributed by atoms with Crippen LogP contribution in [0.2, 0.25) is 0 Å². The average molecular weight is 283 g/mol. The summed E-state index contributed by atoms with van der Waals surface area (Å²) in [6.45, 7) is 2.52. The van der Waals surface area contributed by atoms with E-state index in [1.807, 2.05) is 26.1 Å². The summed E-state index contributed by atoms with van der Waals surface area (Å²) in [5.41, 5.74) is 1.39. The van der Waals surface area contributed by atoms with E-state index < -0.39 is 11.9 Å². The van der Waals surface area contributed by atoms with Gasteiger partial charge in [0.15, 0.2) is 5.69 Å². The fourth-order valence-corrected chi connectivity index (χ4v) is 1.99. The molecule has 0 saturated heterocycles. The molecule has 0 radical (unpaired) electrons. The molecule has 108 valence electrons. The van der Waals surface area contributed by atoms with Gasteiger partial charge in [0.25, 0.3) is 0 Å². The monoisotopic (exact) mass is 283 g/mol. The van der Waals surface area contributed by atoms with Crippen LogP contribution in [0.15, 0.2) is 30.3 Å². The van der Waals surface area contributed by atoms with Crippen molar-refractivity contribution < 1.29 is 13.2 Å². The lowest BCUT2D eigenvalue weighted by molar-refractivity contribution is -0.141. The molecule has 0 aliphatic heterocycles. The molecule has 0 amide bonds. The first kappa shape index (κ1) is 14.6. The minimum absolute atomic E-state index is 0.487. The van der Waals surface area contributed by atoms with Gasteiger partial charge in [-0.1, -0.05) is 19.1 Å². The SMILES string of the molecule is CCc1cc(C(F)(F)F)nn1-c1ccc(CNC)cc1. The van der Waals surface area contributed by atoms with Crippen molar-refractivity contribution in [2.24, 2.45) is 0 Å². The van der Waals surface area contributed by atoms with Gasteiger partial charge in [0.1, 0.15) is 0 Å². The third-order valence-electron chi connectivity index (χ3n) is 3.00. The van der Waals surface area contributed by atoms with Crippen molar-refractivity contribution in [1.82, 2.24) is 15.1 Å². The van der Waals surface area contributed by atoms with Gasteiger partial charge in [0.2, 0.25) is 0 Å². The van der Waals surface area contributed by atoms with E-state index in [-0.39, 0.29) is 0 Å². The highest BCUT2D eigenvalue weighted by Gasteiger charge is 2.34. The molecule has 1 aromatic heterocycles. The number of hydrogen-bond donors (Lipinski definition) is 1. The lowest BCUT2D eigenvalue weighted by Crippen LogP contribution is -2.08. The zero-order chi connectivity index (χ0) is 14.8. The number of aryl methyl sites for hydroxylation is 1. The van der Waals surface area contributed by atoms with Crippen LogP contribution in [0, 0.1) is 0 Å². The Morgan fingerprint density at radius 1 is 1.20 bits per heavy atom. The Hall–Kier alpha value is -1.82. The summed E-state index contributed by atoms with van der Waals surface area (Å²) in [7, 11) is 1.84. The third-order valence-corrected chi connectivity index (χ3v) is 3.00. The number of benzene rings is 1. The maximum absolute atomic E-state index is 12.7. The predicted molar refractivity (Wildman–Crippen MR) is 70.7 cm³/mol. The second-order valence-corrected chi connectivity index (χ2v) is 4.48. The Kier molecular flexibility index (Phi) is 4.13. The molecule has 1 aromatic carbocycles. The van der Waals surface area contributed by atoms with Gasteiger partial charge >= 0.3 is 6.18 Å². The summed E-state index contributed by atoms with van der Waals surface area (Å²) in [6, 6.07) is 8.40. The predicted octanol–water partition coefficient (Wildman–Crippen LogP) is 3.17. The summed E-state index contributed by atoms with van der Waals surface area (Å²) >= 11 is 0. The number of nitrogens with one attached hydrogen (secondary N) is 1. The Morgan fingerprint density at radius 3 is 2.35 bits per heavy atom. The van der Waals surface area contributed by atoms with E-state index in [0.717, 1.165) is 11.6 Å². The summed E-state index contributed by atoms with van der Waals surface area (Å²) in [5, 5.41) is 6.69. The molecule has 0 fully saturated rings. The van der Waals surface area contributed by atoms with Gasteiger partial charge in [0.05, 0.1) is 5.69 Å². The van der Waals surface area contributed by atoms with Crippen LogP contribution in [-0.4, -0.2) is 16.8 Å². The smallest absolute Gasteiger partial charge is 0.316 e. The van der Waals surface area contributed by atoms with Gasteiger partial charge in [-0.25, -0.2) is 4.68 Å². The van der Waals surface area contributed by atoms with Gasteiger partial charge < -0.3 is 5.32 Å². The Labute approximate surface area is 115 Å². The molecule has 2 aromatic rings. The summed E-state index contributed by atoms with van der Waals surface area (Å²) in [6.07, 6.45) is -3.93. The third kappa shape index (κ3) is 3.01. The van der Waals surface area contributed by atoms with Crippen LogP contribution in [0.3, 0.4) is 0 Å². The van der Waals surface area contributed by atoms with Gasteiger partial charge in [-0.15, -0.1) is 0 Å². The minimum atomic E-state index is -4.42. The zero-order valence-corrected chi connectivity index (χ0v) is 11.3. The molecule has 0 bridgehead atoms. The fraction of sp³-hybridized carbons (Fsp3) is 0.357. The number of alkyl halides is 3. The topological polar surface area (TPSA) is 29.9 Å². The van der Waals surface area contributed by atoms with E-state index in [1.54, 1.807) is 12.1 Å². The standard InChI is InChI=1S/C14H16F3N3/c1-3-11-8-13(14(15,16)17)19-20(11)12-6-4-10(5-7-12)9-18-2/h4-8,18H,3,9H2,1-2H3. The van der Waals surface area contributed by atoms with Crippen molar-refractivity contribution in [2.45, 2.75) is 26.1 Å². The van der Waals surface area contributed by atoms with Crippen molar-refractivity contribution >= 4 is 0 Å². The molecule has 0 aliphatic carbocycles. The molecule has 0 aliphatic rings. The van der Waals surface area contributed by atoms with Gasteiger partial charge in [-0.3, -0.25) is 0 Å². The Bertz CT molecular complexity index is 570. The molecule has 20 heavy (non-hydrogen) atoms. The number of hydrogen-bond acceptors (Lipinski definition) is 2. The maximum atomic E-state index is 12.7. The number of rotatable bonds is 4. The number of halogens is 3. The first-order chi connectivity index (χ1) is 9.45. The normalized spacial score (nSPS) is 11.8. The molecule has 2 rings (SSSR count). The second kappa shape index (κ2) is 5.66. The summed E-state index contributed by atoms with van der Waals surface area (Å²) in [4.78, 5) is 0. The molecular weight excluding hydrogens is 267 g/mol. The quantitative estimate of drug-likeness (QED) is 0.934. The highest BCUT2D eigenvalue weighted by molar-refractivity contribution is 5.36. The van der Waals surface area contributed by atoms with E-state index in [9.17, 15) is 13.2 Å². The number of aromatic nitrogens is 2. The van der Waals surface area contributed by atoms with E-state index in [4.69, 9.17) is 0 Å². The molecule has 0 unspecified atom stereocenters. The molecule has 1 heterocycles. The van der Waals surface area contributed by atoms with E-state index in [1.165, 1.54) is 4.68 Å². The molecule has 3 nitrogen and oxygen atoms in total. The molecular formula is C14H16F3N3. The molecule has 0 spiro atoms. The maximum Gasteiger partial charge on any atom is 0.435 e. The first-order valence-electron chi connectivity index (χ1n) is 6.35. The van der Waals surface area contributed by atoms with Crippen LogP contribution in [0.5, 0.6) is 0 Å². The van der Waals surface area contributed by atoms with Crippen LogP contribution in [0.1, 0.15) is 23.9 Å². The van der Waals surface area contributed by atoms with Crippen LogP contribution >= 0.6 is 0 Å². The average Bonchev–Trinajstić information content (AvgIpc) is 2.84. The fourth-order valence-electron chi connectivity index (χ4n) is 1.99. The minimum Gasteiger partial charge on any atom is -0.316 e. The Balaban J connectivity index is 2.38. The van der Waals surface area contributed by atoms with Crippen LogP contribution in [0.25, 0.3) is 5.69 Å². The lowest BCUT2D eigenvalue weighted by Gasteiger charge is -2.07. The molecule has 0 atom stereocenters. The van der Waals surface area contributed by atoms with Crippen molar-refractivity contribution in [3.63, 3.8) is 0 Å². The van der Waals surface area contributed by atoms with Crippen LogP contribution in [0.4, 0.5) is 13.2 Å². The molecule has 0 saturated carbocycles. The number of nitrogens with zero attached hydrogens (tertiary/aromatic N) is 2. The second-order valence-electron chi connectivity index (χ2n) is 4.48. The lowest BCUT2D eigenvalue weighted by atomic mass is 10.2. The highest BCUT2D eigenvalue weighted by Crippen LogP contribution is 2.29. The van der Waals surface area contributed by atoms with Crippen molar-refractivity contribution in [1.29, 1.82) is 0 Å². The first-order valence-corrected chi connectivity index (χ1v) is 6.35. The van der Waals surface area contributed by atoms with E-state index in [0.29, 0.717) is 24.3 Å². The van der Waals surface area contributed by atoms with E-state index in [2.05, 4.69) is 10.4 Å².